The standard InChI is InChI=1S/C16H18ClN3O.ClH/c1-11(18)16(21)20-15(14-4-2-3-9-19-14)10-12-5-7-13(17)8-6-12;/h2-9,11,15H,10,18H2,1H3,(H,20,21);1H. The molecule has 0 spiro atoms. The van der Waals surface area contributed by atoms with E-state index < -0.39 is 6.04 Å². The topological polar surface area (TPSA) is 68.0 Å². The van der Waals surface area contributed by atoms with Crippen LogP contribution in [0.4, 0.5) is 0 Å². The number of nitrogens with zero attached hydrogens (tertiary/aromatic N) is 1. The lowest BCUT2D eigenvalue weighted by Gasteiger charge is -2.19. The highest BCUT2D eigenvalue weighted by molar-refractivity contribution is 6.30. The van der Waals surface area contributed by atoms with Crippen LogP contribution in [0, 0.1) is 0 Å². The number of pyridine rings is 1. The Morgan fingerprint density at radius 1 is 1.27 bits per heavy atom. The lowest BCUT2D eigenvalue weighted by molar-refractivity contribution is -0.122. The second-order valence-electron chi connectivity index (χ2n) is 4.94. The predicted octanol–water partition coefficient (Wildman–Crippen LogP) is 2.90. The van der Waals surface area contributed by atoms with Crippen LogP contribution in [0.5, 0.6) is 0 Å². The molecule has 1 heterocycles. The molecule has 1 aromatic carbocycles. The van der Waals surface area contributed by atoms with Gasteiger partial charge in [-0.2, -0.15) is 0 Å². The molecular formula is C16H19Cl2N3O. The number of aromatic nitrogens is 1. The first-order chi connectivity index (χ1) is 10.1. The maximum absolute atomic E-state index is 11.9. The molecule has 0 aliphatic carbocycles. The van der Waals surface area contributed by atoms with Crippen molar-refractivity contribution in [1.29, 1.82) is 0 Å². The van der Waals surface area contributed by atoms with E-state index in [1.54, 1.807) is 13.1 Å². The molecule has 0 saturated carbocycles. The Morgan fingerprint density at radius 3 is 2.50 bits per heavy atom. The summed E-state index contributed by atoms with van der Waals surface area (Å²) in [4.78, 5) is 16.2. The molecule has 0 radical (unpaired) electrons. The average molecular weight is 340 g/mol. The number of nitrogens with two attached hydrogens (primary N) is 1. The van der Waals surface area contributed by atoms with Crippen LogP contribution in [-0.4, -0.2) is 16.9 Å². The predicted molar refractivity (Wildman–Crippen MR) is 91.2 cm³/mol. The van der Waals surface area contributed by atoms with Crippen LogP contribution in [-0.2, 0) is 11.2 Å². The van der Waals surface area contributed by atoms with E-state index in [1.807, 2.05) is 42.5 Å². The van der Waals surface area contributed by atoms with Gasteiger partial charge in [0.1, 0.15) is 0 Å². The van der Waals surface area contributed by atoms with E-state index >= 15 is 0 Å². The SMILES string of the molecule is CC(N)C(=O)NC(Cc1ccc(Cl)cc1)c1ccccn1.Cl. The van der Waals surface area contributed by atoms with Crippen molar-refractivity contribution in [1.82, 2.24) is 10.3 Å². The molecule has 2 unspecified atom stereocenters. The molecule has 2 rings (SSSR count). The zero-order valence-electron chi connectivity index (χ0n) is 12.2. The van der Waals surface area contributed by atoms with Crippen LogP contribution in [0.2, 0.25) is 5.02 Å². The summed E-state index contributed by atoms with van der Waals surface area (Å²) in [5.41, 5.74) is 7.50. The number of amides is 1. The molecule has 2 aromatic rings. The number of carbonyl (C=O) groups is 1. The first kappa shape index (κ1) is 18.4. The summed E-state index contributed by atoms with van der Waals surface area (Å²) in [5.74, 6) is -0.195. The Bertz CT molecular complexity index is 588. The minimum atomic E-state index is -0.554. The Balaban J connectivity index is 0.00000242. The van der Waals surface area contributed by atoms with Gasteiger partial charge in [-0.3, -0.25) is 9.78 Å². The molecule has 1 aromatic heterocycles. The molecule has 2 atom stereocenters. The number of rotatable bonds is 5. The van der Waals surface area contributed by atoms with Gasteiger partial charge in [0.25, 0.3) is 0 Å². The van der Waals surface area contributed by atoms with Gasteiger partial charge in [-0.15, -0.1) is 12.4 Å². The first-order valence-corrected chi connectivity index (χ1v) is 7.15. The van der Waals surface area contributed by atoms with Gasteiger partial charge in [-0.05, 0) is 43.2 Å². The summed E-state index contributed by atoms with van der Waals surface area (Å²) in [6.07, 6.45) is 2.34. The van der Waals surface area contributed by atoms with Crippen molar-refractivity contribution in [2.24, 2.45) is 5.73 Å². The Labute approximate surface area is 141 Å². The van der Waals surface area contributed by atoms with E-state index in [9.17, 15) is 4.79 Å². The van der Waals surface area contributed by atoms with Crippen LogP contribution < -0.4 is 11.1 Å². The van der Waals surface area contributed by atoms with Gasteiger partial charge in [0.2, 0.25) is 5.91 Å². The average Bonchev–Trinajstić information content (AvgIpc) is 2.49. The number of benzene rings is 1. The molecular weight excluding hydrogens is 321 g/mol. The minimum absolute atomic E-state index is 0. The zero-order chi connectivity index (χ0) is 15.2. The summed E-state index contributed by atoms with van der Waals surface area (Å²) in [7, 11) is 0. The molecule has 118 valence electrons. The highest BCUT2D eigenvalue weighted by Gasteiger charge is 2.18. The third-order valence-electron chi connectivity index (χ3n) is 3.13. The molecule has 0 fully saturated rings. The number of halogens is 2. The van der Waals surface area contributed by atoms with Crippen LogP contribution >= 0.6 is 24.0 Å². The summed E-state index contributed by atoms with van der Waals surface area (Å²) in [6, 6.07) is 12.4. The maximum Gasteiger partial charge on any atom is 0.237 e. The van der Waals surface area contributed by atoms with Gasteiger partial charge in [-0.1, -0.05) is 29.8 Å². The fraction of sp³-hybridized carbons (Fsp3) is 0.250. The Hall–Kier alpha value is -1.62. The summed E-state index contributed by atoms with van der Waals surface area (Å²) >= 11 is 5.89. The molecule has 0 aliphatic rings. The van der Waals surface area contributed by atoms with E-state index in [1.165, 1.54) is 0 Å². The van der Waals surface area contributed by atoms with E-state index in [0.717, 1.165) is 11.3 Å². The van der Waals surface area contributed by atoms with E-state index in [2.05, 4.69) is 10.3 Å². The Morgan fingerprint density at radius 2 is 1.95 bits per heavy atom. The monoisotopic (exact) mass is 339 g/mol. The van der Waals surface area contributed by atoms with Crippen LogP contribution in [0.3, 0.4) is 0 Å². The van der Waals surface area contributed by atoms with Crippen molar-refractivity contribution in [3.05, 3.63) is 64.9 Å². The van der Waals surface area contributed by atoms with Gasteiger partial charge in [0, 0.05) is 11.2 Å². The quantitative estimate of drug-likeness (QED) is 0.879. The fourth-order valence-corrected chi connectivity index (χ4v) is 2.10. The van der Waals surface area contributed by atoms with Gasteiger partial charge < -0.3 is 11.1 Å². The molecule has 3 N–H and O–H groups in total. The van der Waals surface area contributed by atoms with E-state index in [-0.39, 0.29) is 24.4 Å². The van der Waals surface area contributed by atoms with Crippen molar-refractivity contribution in [3.63, 3.8) is 0 Å². The highest BCUT2D eigenvalue weighted by atomic mass is 35.5. The zero-order valence-corrected chi connectivity index (χ0v) is 13.8. The molecule has 4 nitrogen and oxygen atoms in total. The second kappa shape index (κ2) is 8.73. The van der Waals surface area contributed by atoms with Gasteiger partial charge in [0.05, 0.1) is 17.8 Å². The summed E-state index contributed by atoms with van der Waals surface area (Å²) in [6.45, 7) is 1.66. The lowest BCUT2D eigenvalue weighted by atomic mass is 10.0. The highest BCUT2D eigenvalue weighted by Crippen LogP contribution is 2.18. The number of carbonyl (C=O) groups excluding carboxylic acids is 1. The minimum Gasteiger partial charge on any atom is -0.346 e. The van der Waals surface area contributed by atoms with Crippen molar-refractivity contribution in [2.75, 3.05) is 0 Å². The third-order valence-corrected chi connectivity index (χ3v) is 3.38. The smallest absolute Gasteiger partial charge is 0.237 e. The van der Waals surface area contributed by atoms with Crippen molar-refractivity contribution < 1.29 is 4.79 Å². The van der Waals surface area contributed by atoms with Crippen LogP contribution in [0.1, 0.15) is 24.2 Å². The molecule has 0 saturated heterocycles. The fourth-order valence-electron chi connectivity index (χ4n) is 1.97. The first-order valence-electron chi connectivity index (χ1n) is 6.77. The molecule has 0 bridgehead atoms. The summed E-state index contributed by atoms with van der Waals surface area (Å²) in [5, 5.41) is 3.62. The van der Waals surface area contributed by atoms with E-state index in [4.69, 9.17) is 17.3 Å². The summed E-state index contributed by atoms with van der Waals surface area (Å²) < 4.78 is 0. The van der Waals surface area contributed by atoms with Crippen LogP contribution in [0.15, 0.2) is 48.7 Å². The van der Waals surface area contributed by atoms with Gasteiger partial charge >= 0.3 is 0 Å². The number of nitrogens with one attached hydrogen (secondary N) is 1. The maximum atomic E-state index is 11.9. The number of hydrogen-bond donors (Lipinski definition) is 2. The third kappa shape index (κ3) is 5.30. The normalized spacial score (nSPS) is 12.9. The van der Waals surface area contributed by atoms with Crippen LogP contribution in [0.25, 0.3) is 0 Å². The molecule has 0 aliphatic heterocycles. The molecule has 22 heavy (non-hydrogen) atoms. The second-order valence-corrected chi connectivity index (χ2v) is 5.37. The molecule has 6 heteroatoms. The molecule has 1 amide bonds. The van der Waals surface area contributed by atoms with Crippen molar-refractivity contribution in [3.8, 4) is 0 Å². The van der Waals surface area contributed by atoms with E-state index in [0.29, 0.717) is 11.4 Å². The van der Waals surface area contributed by atoms with Crippen molar-refractivity contribution >= 4 is 29.9 Å². The largest absolute Gasteiger partial charge is 0.346 e. The Kier molecular flexibility index (Phi) is 7.32. The van der Waals surface area contributed by atoms with Gasteiger partial charge in [-0.25, -0.2) is 0 Å². The lowest BCUT2D eigenvalue weighted by Crippen LogP contribution is -2.41. The number of hydrogen-bond acceptors (Lipinski definition) is 3. The van der Waals surface area contributed by atoms with Gasteiger partial charge in [0.15, 0.2) is 0 Å². The van der Waals surface area contributed by atoms with Crippen molar-refractivity contribution in [2.45, 2.75) is 25.4 Å².